The Bertz CT molecular complexity index is 984. The van der Waals surface area contributed by atoms with Gasteiger partial charge in [-0.1, -0.05) is 18.2 Å². The van der Waals surface area contributed by atoms with Gasteiger partial charge >= 0.3 is 0 Å². The lowest BCUT2D eigenvalue weighted by molar-refractivity contribution is 0.416. The van der Waals surface area contributed by atoms with Gasteiger partial charge in [-0.05, 0) is 28.6 Å². The van der Waals surface area contributed by atoms with Gasteiger partial charge in [-0.3, -0.25) is 0 Å². The van der Waals surface area contributed by atoms with Crippen LogP contribution < -0.4 is 4.74 Å². The first kappa shape index (κ1) is 13.0. The molecule has 0 bridgehead atoms. The lowest BCUT2D eigenvalue weighted by atomic mass is 10.0. The topological polar surface area (TPSA) is 76.6 Å². The molecule has 0 saturated heterocycles. The Kier molecular flexibility index (Phi) is 2.93. The van der Waals surface area contributed by atoms with Crippen molar-refractivity contribution in [1.29, 1.82) is 0 Å². The smallest absolute Gasteiger partial charge is 0.183 e. The molecular weight excluding hydrogens is 298 g/mol. The van der Waals surface area contributed by atoms with Crippen molar-refractivity contribution in [2.75, 3.05) is 7.11 Å². The Hall–Kier alpha value is -2.67. The molecule has 22 heavy (non-hydrogen) atoms. The van der Waals surface area contributed by atoms with Crippen molar-refractivity contribution in [3.8, 4) is 17.1 Å². The Morgan fingerprint density at radius 3 is 2.73 bits per heavy atom. The van der Waals surface area contributed by atoms with Gasteiger partial charge in [-0.2, -0.15) is 0 Å². The molecule has 0 atom stereocenters. The molecule has 7 heteroatoms. The average Bonchev–Trinajstić information content (AvgIpc) is 3.08. The highest BCUT2D eigenvalue weighted by atomic mass is 32.1. The Balaban J connectivity index is 2.22. The van der Waals surface area contributed by atoms with E-state index in [0.29, 0.717) is 11.6 Å². The third kappa shape index (κ3) is 1.82. The molecule has 4 rings (SSSR count). The van der Waals surface area contributed by atoms with Crippen molar-refractivity contribution in [2.45, 2.75) is 4.90 Å². The summed E-state index contributed by atoms with van der Waals surface area (Å²) in [6, 6.07) is 11.6. The minimum atomic E-state index is 0.523. The summed E-state index contributed by atoms with van der Waals surface area (Å²) in [6.45, 7) is 0. The number of thiol groups is 1. The SMILES string of the molecule is COc1ccc2nc3ccccc3c(S)c2c1-c1nnn[nH]1. The van der Waals surface area contributed by atoms with E-state index < -0.39 is 0 Å². The van der Waals surface area contributed by atoms with Crippen molar-refractivity contribution < 1.29 is 4.74 Å². The Labute approximate surface area is 130 Å². The molecular formula is C15H11N5OS. The summed E-state index contributed by atoms with van der Waals surface area (Å²) in [5.74, 6) is 1.19. The van der Waals surface area contributed by atoms with E-state index in [1.165, 1.54) is 0 Å². The van der Waals surface area contributed by atoms with Crippen LogP contribution in [0.3, 0.4) is 0 Å². The van der Waals surface area contributed by atoms with Crippen LogP contribution in [0.2, 0.25) is 0 Å². The second-order valence-electron chi connectivity index (χ2n) is 4.76. The maximum atomic E-state index is 5.47. The van der Waals surface area contributed by atoms with Gasteiger partial charge in [0.2, 0.25) is 0 Å². The second-order valence-corrected chi connectivity index (χ2v) is 5.21. The lowest BCUT2D eigenvalue weighted by Gasteiger charge is -2.12. The first-order valence-electron chi connectivity index (χ1n) is 6.62. The molecule has 0 unspecified atom stereocenters. The van der Waals surface area contributed by atoms with Gasteiger partial charge in [0.15, 0.2) is 5.82 Å². The molecule has 2 heterocycles. The number of para-hydroxylation sites is 1. The number of rotatable bonds is 2. The molecule has 0 saturated carbocycles. The monoisotopic (exact) mass is 309 g/mol. The number of benzene rings is 2. The maximum absolute atomic E-state index is 5.47. The summed E-state index contributed by atoms with van der Waals surface area (Å²) in [7, 11) is 1.61. The maximum Gasteiger partial charge on any atom is 0.183 e. The fourth-order valence-electron chi connectivity index (χ4n) is 2.61. The number of hydrogen-bond acceptors (Lipinski definition) is 6. The highest BCUT2D eigenvalue weighted by Gasteiger charge is 2.18. The second kappa shape index (κ2) is 4.96. The van der Waals surface area contributed by atoms with Crippen LogP contribution >= 0.6 is 12.6 Å². The number of nitrogens with one attached hydrogen (secondary N) is 1. The van der Waals surface area contributed by atoms with Gasteiger partial charge in [-0.25, -0.2) is 10.1 Å². The zero-order valence-electron chi connectivity index (χ0n) is 11.6. The van der Waals surface area contributed by atoms with Crippen molar-refractivity contribution in [2.24, 2.45) is 0 Å². The quantitative estimate of drug-likeness (QED) is 0.440. The van der Waals surface area contributed by atoms with Crippen molar-refractivity contribution in [3.63, 3.8) is 0 Å². The van der Waals surface area contributed by atoms with E-state index in [0.717, 1.165) is 32.3 Å². The summed E-state index contributed by atoms with van der Waals surface area (Å²) in [4.78, 5) is 5.52. The molecule has 0 aliphatic heterocycles. The predicted molar refractivity (Wildman–Crippen MR) is 86.2 cm³/mol. The van der Waals surface area contributed by atoms with Gasteiger partial charge in [-0.15, -0.1) is 17.7 Å². The number of methoxy groups -OCH3 is 1. The molecule has 108 valence electrons. The van der Waals surface area contributed by atoms with Crippen molar-refractivity contribution in [3.05, 3.63) is 36.4 Å². The van der Waals surface area contributed by atoms with Crippen LogP contribution in [0.1, 0.15) is 0 Å². The van der Waals surface area contributed by atoms with Gasteiger partial charge < -0.3 is 4.74 Å². The summed E-state index contributed by atoms with van der Waals surface area (Å²) >= 11 is 4.73. The van der Waals surface area contributed by atoms with Crippen LogP contribution in [0.25, 0.3) is 33.2 Å². The van der Waals surface area contributed by atoms with Crippen LogP contribution in [-0.4, -0.2) is 32.7 Å². The summed E-state index contributed by atoms with van der Waals surface area (Å²) in [5, 5.41) is 15.9. The number of tetrazole rings is 1. The zero-order chi connectivity index (χ0) is 15.1. The number of ether oxygens (including phenoxy) is 1. The van der Waals surface area contributed by atoms with E-state index in [-0.39, 0.29) is 0 Å². The number of nitrogens with zero attached hydrogens (tertiary/aromatic N) is 4. The molecule has 4 aromatic rings. The van der Waals surface area contributed by atoms with Gasteiger partial charge in [0, 0.05) is 15.7 Å². The molecule has 0 aliphatic carbocycles. The number of pyridine rings is 1. The van der Waals surface area contributed by atoms with Gasteiger partial charge in [0.1, 0.15) is 5.75 Å². The van der Waals surface area contributed by atoms with Crippen LogP contribution in [0.5, 0.6) is 5.75 Å². The highest BCUT2D eigenvalue weighted by molar-refractivity contribution is 7.80. The standard InChI is InChI=1S/C15H11N5OS/c1-21-11-7-6-10-12(13(11)15-17-19-20-18-15)14(22)8-4-2-3-5-9(8)16-10/h2-7H,1H3,(H,16,22)(H,17,18,19,20). The predicted octanol–water partition coefficient (Wildman–Crippen LogP) is 2.87. The third-order valence-electron chi connectivity index (χ3n) is 3.58. The molecule has 0 spiro atoms. The minimum absolute atomic E-state index is 0.523. The summed E-state index contributed by atoms with van der Waals surface area (Å²) in [5.41, 5.74) is 2.47. The number of aromatic nitrogens is 5. The molecule has 0 radical (unpaired) electrons. The van der Waals surface area contributed by atoms with Crippen LogP contribution in [0.4, 0.5) is 0 Å². The van der Waals surface area contributed by atoms with Crippen LogP contribution in [-0.2, 0) is 0 Å². The average molecular weight is 309 g/mol. The van der Waals surface area contributed by atoms with E-state index in [1.54, 1.807) is 7.11 Å². The molecule has 2 aromatic heterocycles. The summed E-state index contributed by atoms with van der Waals surface area (Å²) in [6.07, 6.45) is 0. The molecule has 1 N–H and O–H groups in total. The molecule has 2 aromatic carbocycles. The van der Waals surface area contributed by atoms with Crippen LogP contribution in [0, 0.1) is 0 Å². The van der Waals surface area contributed by atoms with Gasteiger partial charge in [0.25, 0.3) is 0 Å². The summed E-state index contributed by atoms with van der Waals surface area (Å²) < 4.78 is 5.47. The van der Waals surface area contributed by atoms with E-state index >= 15 is 0 Å². The number of H-pyrrole nitrogens is 1. The lowest BCUT2D eigenvalue weighted by Crippen LogP contribution is -1.94. The zero-order valence-corrected chi connectivity index (χ0v) is 12.5. The van der Waals surface area contributed by atoms with Crippen LogP contribution in [0.15, 0.2) is 41.3 Å². The minimum Gasteiger partial charge on any atom is -0.496 e. The Morgan fingerprint density at radius 1 is 1.09 bits per heavy atom. The first-order valence-corrected chi connectivity index (χ1v) is 7.07. The van der Waals surface area contributed by atoms with E-state index in [9.17, 15) is 0 Å². The fourth-order valence-corrected chi connectivity index (χ4v) is 3.03. The molecule has 0 fully saturated rings. The number of hydrogen-bond donors (Lipinski definition) is 2. The van der Waals surface area contributed by atoms with E-state index in [2.05, 4.69) is 20.6 Å². The number of aromatic amines is 1. The third-order valence-corrected chi connectivity index (χ3v) is 4.05. The van der Waals surface area contributed by atoms with Crippen molar-refractivity contribution >= 4 is 34.4 Å². The largest absolute Gasteiger partial charge is 0.496 e. The number of fused-ring (bicyclic) bond motifs is 2. The normalized spacial score (nSPS) is 11.2. The van der Waals surface area contributed by atoms with E-state index in [4.69, 9.17) is 22.3 Å². The molecule has 0 amide bonds. The molecule has 0 aliphatic rings. The van der Waals surface area contributed by atoms with Crippen molar-refractivity contribution in [1.82, 2.24) is 25.6 Å². The first-order chi connectivity index (χ1) is 10.8. The molecule has 6 nitrogen and oxygen atoms in total. The Morgan fingerprint density at radius 2 is 1.95 bits per heavy atom. The highest BCUT2D eigenvalue weighted by Crippen LogP contribution is 2.39. The van der Waals surface area contributed by atoms with Gasteiger partial charge in [0.05, 0.1) is 23.7 Å². The van der Waals surface area contributed by atoms with E-state index in [1.807, 2.05) is 36.4 Å². The fraction of sp³-hybridized carbons (Fsp3) is 0.0667.